The van der Waals surface area contributed by atoms with Crippen LogP contribution < -0.4 is 5.32 Å². The van der Waals surface area contributed by atoms with Crippen molar-refractivity contribution in [1.82, 2.24) is 10.2 Å². The number of amides is 1. The molecular formula is C16H22F2N2O. The van der Waals surface area contributed by atoms with Crippen LogP contribution in [-0.2, 0) is 0 Å². The van der Waals surface area contributed by atoms with Crippen molar-refractivity contribution < 1.29 is 13.6 Å². The van der Waals surface area contributed by atoms with E-state index in [1.807, 2.05) is 0 Å². The molecule has 5 heteroatoms. The van der Waals surface area contributed by atoms with Crippen molar-refractivity contribution >= 4 is 5.91 Å². The molecule has 1 amide bonds. The van der Waals surface area contributed by atoms with Crippen molar-refractivity contribution in [2.45, 2.75) is 20.3 Å². The van der Waals surface area contributed by atoms with Crippen molar-refractivity contribution in [3.05, 3.63) is 35.4 Å². The van der Waals surface area contributed by atoms with E-state index in [-0.39, 0.29) is 5.56 Å². The molecular weight excluding hydrogens is 274 g/mol. The average Bonchev–Trinajstić information content (AvgIpc) is 2.40. The first-order valence-electron chi connectivity index (χ1n) is 7.41. The van der Waals surface area contributed by atoms with Gasteiger partial charge < -0.3 is 10.2 Å². The minimum atomic E-state index is -0.700. The molecule has 0 aliphatic carbocycles. The third kappa shape index (κ3) is 4.49. The lowest BCUT2D eigenvalue weighted by Gasteiger charge is -2.34. The first-order chi connectivity index (χ1) is 9.95. The number of rotatable bonds is 4. The number of carbonyl (C=O) groups is 1. The second-order valence-corrected chi connectivity index (χ2v) is 6.09. The summed E-state index contributed by atoms with van der Waals surface area (Å²) in [6.07, 6.45) is 1.23. The Labute approximate surface area is 124 Å². The molecule has 0 unspecified atom stereocenters. The molecule has 1 heterocycles. The van der Waals surface area contributed by atoms with Crippen LogP contribution in [0.4, 0.5) is 8.78 Å². The maximum atomic E-state index is 13.5. The van der Waals surface area contributed by atoms with E-state index in [2.05, 4.69) is 24.1 Å². The Hall–Kier alpha value is -1.49. The Morgan fingerprint density at radius 3 is 2.62 bits per heavy atom. The molecule has 0 radical (unpaired) electrons. The van der Waals surface area contributed by atoms with Gasteiger partial charge in [-0.15, -0.1) is 0 Å². The molecule has 3 nitrogen and oxygen atoms in total. The van der Waals surface area contributed by atoms with Gasteiger partial charge >= 0.3 is 0 Å². The topological polar surface area (TPSA) is 32.3 Å². The number of nitrogens with one attached hydrogen (secondary N) is 1. The average molecular weight is 296 g/mol. The number of piperidine rings is 1. The molecule has 2 atom stereocenters. The number of carbonyl (C=O) groups excluding carboxylic acids is 1. The largest absolute Gasteiger partial charge is 0.351 e. The van der Waals surface area contributed by atoms with Gasteiger partial charge in [-0.2, -0.15) is 0 Å². The van der Waals surface area contributed by atoms with E-state index in [1.54, 1.807) is 0 Å². The molecule has 1 saturated heterocycles. The fourth-order valence-electron chi connectivity index (χ4n) is 3.07. The molecule has 0 saturated carbocycles. The Morgan fingerprint density at radius 2 is 1.95 bits per heavy atom. The second kappa shape index (κ2) is 6.98. The van der Waals surface area contributed by atoms with E-state index in [0.717, 1.165) is 37.8 Å². The Bertz CT molecular complexity index is 497. The van der Waals surface area contributed by atoms with Gasteiger partial charge in [-0.1, -0.05) is 13.8 Å². The molecule has 1 aromatic rings. The standard InChI is InChI=1S/C16H22F2N2O/c1-11-7-12(2)10-20(9-11)6-5-19-16(21)14-8-13(17)3-4-15(14)18/h3-4,8,11-12H,5-7,9-10H2,1-2H3,(H,19,21)/t11-,12-/m0/s1. The first kappa shape index (κ1) is 15.9. The van der Waals surface area contributed by atoms with E-state index < -0.39 is 17.5 Å². The highest BCUT2D eigenvalue weighted by atomic mass is 19.1. The zero-order valence-electron chi connectivity index (χ0n) is 12.5. The smallest absolute Gasteiger partial charge is 0.254 e. The summed E-state index contributed by atoms with van der Waals surface area (Å²) in [4.78, 5) is 14.2. The molecule has 21 heavy (non-hydrogen) atoms. The van der Waals surface area contributed by atoms with Gasteiger partial charge in [0.05, 0.1) is 5.56 Å². The van der Waals surface area contributed by atoms with Crippen LogP contribution in [0.1, 0.15) is 30.6 Å². The molecule has 116 valence electrons. The van der Waals surface area contributed by atoms with Gasteiger partial charge in [0.1, 0.15) is 11.6 Å². The molecule has 1 aromatic carbocycles. The van der Waals surface area contributed by atoms with Gasteiger partial charge in [-0.05, 0) is 36.5 Å². The summed E-state index contributed by atoms with van der Waals surface area (Å²) in [5.41, 5.74) is -0.240. The van der Waals surface area contributed by atoms with Crippen LogP contribution in [0.5, 0.6) is 0 Å². The Morgan fingerprint density at radius 1 is 1.29 bits per heavy atom. The Kier molecular flexibility index (Phi) is 5.28. The van der Waals surface area contributed by atoms with Gasteiger partial charge in [-0.3, -0.25) is 4.79 Å². The number of nitrogens with zero attached hydrogens (tertiary/aromatic N) is 1. The van der Waals surface area contributed by atoms with Gasteiger partial charge in [0.15, 0.2) is 0 Å². The van der Waals surface area contributed by atoms with Crippen LogP contribution >= 0.6 is 0 Å². The summed E-state index contributed by atoms with van der Waals surface area (Å²) < 4.78 is 26.5. The number of likely N-dealkylation sites (tertiary alicyclic amines) is 1. The predicted molar refractivity (Wildman–Crippen MR) is 78.1 cm³/mol. The summed E-state index contributed by atoms with van der Waals surface area (Å²) in [5.74, 6) is -0.560. The van der Waals surface area contributed by atoms with E-state index in [0.29, 0.717) is 18.4 Å². The van der Waals surface area contributed by atoms with E-state index in [9.17, 15) is 13.6 Å². The third-order valence-electron chi connectivity index (χ3n) is 3.83. The number of halogens is 2. The molecule has 1 aliphatic rings. The van der Waals surface area contributed by atoms with Crippen LogP contribution in [0.3, 0.4) is 0 Å². The lowest BCUT2D eigenvalue weighted by Crippen LogP contribution is -2.43. The highest BCUT2D eigenvalue weighted by Crippen LogP contribution is 2.20. The van der Waals surface area contributed by atoms with Crippen molar-refractivity contribution in [2.75, 3.05) is 26.2 Å². The molecule has 2 rings (SSSR count). The van der Waals surface area contributed by atoms with Crippen LogP contribution in [0.15, 0.2) is 18.2 Å². The quantitative estimate of drug-likeness (QED) is 0.926. The summed E-state index contributed by atoms with van der Waals surface area (Å²) in [7, 11) is 0. The predicted octanol–water partition coefficient (Wildman–Crippen LogP) is 2.67. The second-order valence-electron chi connectivity index (χ2n) is 6.09. The fourth-order valence-corrected chi connectivity index (χ4v) is 3.07. The number of hydrogen-bond acceptors (Lipinski definition) is 2. The van der Waals surface area contributed by atoms with Crippen LogP contribution in [0, 0.1) is 23.5 Å². The van der Waals surface area contributed by atoms with Gasteiger partial charge in [0.25, 0.3) is 5.91 Å². The molecule has 1 fully saturated rings. The van der Waals surface area contributed by atoms with Crippen molar-refractivity contribution in [3.63, 3.8) is 0 Å². The van der Waals surface area contributed by atoms with Crippen molar-refractivity contribution in [1.29, 1.82) is 0 Å². The van der Waals surface area contributed by atoms with Crippen molar-refractivity contribution in [2.24, 2.45) is 11.8 Å². The van der Waals surface area contributed by atoms with Crippen LogP contribution in [-0.4, -0.2) is 37.0 Å². The highest BCUT2D eigenvalue weighted by molar-refractivity contribution is 5.94. The van der Waals surface area contributed by atoms with Gasteiger partial charge in [0, 0.05) is 26.2 Å². The zero-order valence-corrected chi connectivity index (χ0v) is 12.5. The van der Waals surface area contributed by atoms with Gasteiger partial charge in [-0.25, -0.2) is 8.78 Å². The zero-order chi connectivity index (χ0) is 15.4. The lowest BCUT2D eigenvalue weighted by molar-refractivity contribution is 0.0932. The normalized spacial score (nSPS) is 23.0. The minimum Gasteiger partial charge on any atom is -0.351 e. The minimum absolute atomic E-state index is 0.240. The lowest BCUT2D eigenvalue weighted by atomic mass is 9.92. The maximum Gasteiger partial charge on any atom is 0.254 e. The van der Waals surface area contributed by atoms with Crippen LogP contribution in [0.25, 0.3) is 0 Å². The van der Waals surface area contributed by atoms with Crippen LogP contribution in [0.2, 0.25) is 0 Å². The molecule has 0 bridgehead atoms. The number of hydrogen-bond donors (Lipinski definition) is 1. The highest BCUT2D eigenvalue weighted by Gasteiger charge is 2.21. The Balaban J connectivity index is 1.83. The maximum absolute atomic E-state index is 13.5. The summed E-state index contributed by atoms with van der Waals surface area (Å²) in [5, 5.41) is 2.66. The van der Waals surface area contributed by atoms with Crippen molar-refractivity contribution in [3.8, 4) is 0 Å². The van der Waals surface area contributed by atoms with E-state index >= 15 is 0 Å². The number of benzene rings is 1. The summed E-state index contributed by atoms with van der Waals surface area (Å²) >= 11 is 0. The third-order valence-corrected chi connectivity index (χ3v) is 3.83. The molecule has 0 aromatic heterocycles. The first-order valence-corrected chi connectivity index (χ1v) is 7.41. The fraction of sp³-hybridized carbons (Fsp3) is 0.562. The molecule has 1 aliphatic heterocycles. The summed E-state index contributed by atoms with van der Waals surface area (Å²) in [6, 6.07) is 2.90. The van der Waals surface area contributed by atoms with Gasteiger partial charge in [0.2, 0.25) is 0 Å². The SMILES string of the molecule is C[C@H]1C[C@H](C)CN(CCNC(=O)c2cc(F)ccc2F)C1. The summed E-state index contributed by atoms with van der Waals surface area (Å²) in [6.45, 7) is 7.67. The monoisotopic (exact) mass is 296 g/mol. The van der Waals surface area contributed by atoms with E-state index in [1.165, 1.54) is 6.42 Å². The molecule has 0 spiro atoms. The molecule has 1 N–H and O–H groups in total. The van der Waals surface area contributed by atoms with E-state index in [4.69, 9.17) is 0 Å².